The molecule has 2 aromatic rings. The molecule has 0 spiro atoms. The molecule has 2 saturated heterocycles. The first-order chi connectivity index (χ1) is 13.6. The van der Waals surface area contributed by atoms with E-state index in [0.29, 0.717) is 12.0 Å². The number of nitrogens with zero attached hydrogens (tertiary/aromatic N) is 3. The summed E-state index contributed by atoms with van der Waals surface area (Å²) < 4.78 is 17.7. The van der Waals surface area contributed by atoms with Crippen LogP contribution in [0.3, 0.4) is 0 Å². The minimum Gasteiger partial charge on any atom is -0.466 e. The van der Waals surface area contributed by atoms with Crippen LogP contribution in [0.1, 0.15) is 30.8 Å². The number of rotatable bonds is 3. The van der Waals surface area contributed by atoms with Crippen molar-refractivity contribution in [1.82, 2.24) is 0 Å². The smallest absolute Gasteiger partial charge is 0.244 e. The van der Waals surface area contributed by atoms with Crippen LogP contribution in [0.5, 0.6) is 0 Å². The number of hydrogen-bond donors (Lipinski definition) is 1. The second-order valence-corrected chi connectivity index (χ2v) is 6.89. The minimum atomic E-state index is -2.01. The molecule has 2 aliphatic rings. The summed E-state index contributed by atoms with van der Waals surface area (Å²) in [5.74, 6) is -2.40. The van der Waals surface area contributed by atoms with E-state index in [1.807, 2.05) is 25.1 Å². The minimum absolute atomic E-state index is 0.232. The van der Waals surface area contributed by atoms with Crippen LogP contribution in [0.4, 0.5) is 0 Å². The third-order valence-electron chi connectivity index (χ3n) is 5.82. The molecule has 0 aliphatic carbocycles. The van der Waals surface area contributed by atoms with Gasteiger partial charge in [0.25, 0.3) is 0 Å². The Morgan fingerprint density at radius 1 is 1.04 bits per heavy atom. The van der Waals surface area contributed by atoms with Gasteiger partial charge in [-0.05, 0) is 18.6 Å². The molecule has 4 atom stereocenters. The van der Waals surface area contributed by atoms with Crippen molar-refractivity contribution < 1.29 is 13.9 Å². The van der Waals surface area contributed by atoms with Crippen LogP contribution in [-0.4, -0.2) is 5.90 Å². The van der Waals surface area contributed by atoms with E-state index in [4.69, 9.17) is 19.3 Å². The largest absolute Gasteiger partial charge is 0.466 e. The standard InChI is InChI=1S/C21H16N4O3/c1-2-16-20(13-24)18(25)28-21(16,14-7-4-3-5-8-14)27-17(15-9-6-10-26-15)19(20,11-22)12-23/h3-10,16-17,25H,2H2,1H3. The molecule has 3 heterocycles. The predicted molar refractivity (Wildman–Crippen MR) is 95.0 cm³/mol. The Balaban J connectivity index is 2.07. The number of furan rings is 1. The Labute approximate surface area is 161 Å². The maximum absolute atomic E-state index is 10.3. The van der Waals surface area contributed by atoms with Gasteiger partial charge >= 0.3 is 0 Å². The van der Waals surface area contributed by atoms with E-state index >= 15 is 0 Å². The molecule has 7 heteroatoms. The molecule has 4 rings (SSSR count). The molecule has 0 amide bonds. The second kappa shape index (κ2) is 5.96. The highest BCUT2D eigenvalue weighted by atomic mass is 16.7. The van der Waals surface area contributed by atoms with E-state index in [1.165, 1.54) is 6.26 Å². The van der Waals surface area contributed by atoms with Crippen LogP contribution in [-0.2, 0) is 15.3 Å². The van der Waals surface area contributed by atoms with Crippen molar-refractivity contribution in [2.24, 2.45) is 16.7 Å². The zero-order valence-corrected chi connectivity index (χ0v) is 15.0. The Hall–Kier alpha value is -3.60. The van der Waals surface area contributed by atoms with E-state index < -0.39 is 34.5 Å². The molecule has 28 heavy (non-hydrogen) atoms. The van der Waals surface area contributed by atoms with Gasteiger partial charge in [0, 0.05) is 5.56 Å². The Kier molecular flexibility index (Phi) is 3.79. The van der Waals surface area contributed by atoms with Crippen LogP contribution in [0, 0.1) is 56.2 Å². The highest BCUT2D eigenvalue weighted by Crippen LogP contribution is 2.69. The summed E-state index contributed by atoms with van der Waals surface area (Å²) in [7, 11) is 0. The van der Waals surface area contributed by atoms with Crippen LogP contribution in [0.15, 0.2) is 53.1 Å². The fourth-order valence-corrected chi connectivity index (χ4v) is 4.60. The Bertz CT molecular complexity index is 1030. The summed E-state index contributed by atoms with van der Waals surface area (Å²) in [6.45, 7) is 1.83. The molecule has 2 bridgehead atoms. The van der Waals surface area contributed by atoms with E-state index in [2.05, 4.69) is 6.07 Å². The number of nitriles is 3. The van der Waals surface area contributed by atoms with Gasteiger partial charge in [0.1, 0.15) is 5.76 Å². The average Bonchev–Trinajstić information content (AvgIpc) is 3.33. The lowest BCUT2D eigenvalue weighted by atomic mass is 9.53. The number of fused-ring (bicyclic) bond motifs is 2. The molecule has 2 fully saturated rings. The van der Waals surface area contributed by atoms with Crippen molar-refractivity contribution >= 4 is 5.90 Å². The van der Waals surface area contributed by atoms with Crippen molar-refractivity contribution in [3.05, 3.63) is 60.1 Å². The lowest BCUT2D eigenvalue weighted by Gasteiger charge is -2.48. The topological polar surface area (TPSA) is 127 Å². The van der Waals surface area contributed by atoms with Crippen molar-refractivity contribution in [2.45, 2.75) is 25.2 Å². The van der Waals surface area contributed by atoms with Gasteiger partial charge in [-0.2, -0.15) is 15.8 Å². The zero-order valence-electron chi connectivity index (χ0n) is 15.0. The third kappa shape index (κ3) is 1.80. The summed E-state index contributed by atoms with van der Waals surface area (Å²) in [4.78, 5) is 0. The van der Waals surface area contributed by atoms with Crippen molar-refractivity contribution in [1.29, 1.82) is 21.2 Å². The van der Waals surface area contributed by atoms with E-state index in [1.54, 1.807) is 36.4 Å². The monoisotopic (exact) mass is 372 g/mol. The molecule has 1 aromatic heterocycles. The SMILES string of the molecule is CCC1C2(c3ccccc3)OC(=N)C1(C#N)C(C#N)(C#N)C(c1ccco1)O2. The first-order valence-corrected chi connectivity index (χ1v) is 8.84. The van der Waals surface area contributed by atoms with Crippen LogP contribution >= 0.6 is 0 Å². The lowest BCUT2D eigenvalue weighted by Crippen LogP contribution is -2.58. The van der Waals surface area contributed by atoms with Crippen molar-refractivity contribution in [2.75, 3.05) is 0 Å². The van der Waals surface area contributed by atoms with Gasteiger partial charge < -0.3 is 13.9 Å². The van der Waals surface area contributed by atoms with Gasteiger partial charge in [-0.3, -0.25) is 5.41 Å². The molecular formula is C21H16N4O3. The molecule has 2 aliphatic heterocycles. The van der Waals surface area contributed by atoms with Gasteiger partial charge in [0.15, 0.2) is 11.5 Å². The average molecular weight is 372 g/mol. The summed E-state index contributed by atoms with van der Waals surface area (Å²) in [6.07, 6.45) is 0.566. The van der Waals surface area contributed by atoms with Crippen molar-refractivity contribution in [3.8, 4) is 18.2 Å². The molecule has 0 radical (unpaired) electrons. The quantitative estimate of drug-likeness (QED) is 0.873. The van der Waals surface area contributed by atoms with Crippen LogP contribution in [0.2, 0.25) is 0 Å². The maximum atomic E-state index is 10.3. The van der Waals surface area contributed by atoms with Crippen molar-refractivity contribution in [3.63, 3.8) is 0 Å². The van der Waals surface area contributed by atoms with Gasteiger partial charge in [-0.1, -0.05) is 37.3 Å². The number of hydrogen-bond acceptors (Lipinski definition) is 7. The van der Waals surface area contributed by atoms with E-state index in [0.717, 1.165) is 0 Å². The van der Waals surface area contributed by atoms with Gasteiger partial charge in [-0.25, -0.2) is 0 Å². The molecule has 1 aromatic carbocycles. The third-order valence-corrected chi connectivity index (χ3v) is 5.82. The first kappa shape index (κ1) is 17.8. The summed E-state index contributed by atoms with van der Waals surface area (Å²) in [6, 6.07) is 18.3. The summed E-state index contributed by atoms with van der Waals surface area (Å²) in [5.41, 5.74) is -3.20. The highest BCUT2D eigenvalue weighted by molar-refractivity contribution is 5.89. The number of nitrogens with one attached hydrogen (secondary N) is 1. The summed E-state index contributed by atoms with van der Waals surface area (Å²) >= 11 is 0. The molecular weight excluding hydrogens is 356 g/mol. The molecule has 4 unspecified atom stereocenters. The van der Waals surface area contributed by atoms with E-state index in [9.17, 15) is 15.8 Å². The molecule has 7 nitrogen and oxygen atoms in total. The lowest BCUT2D eigenvalue weighted by molar-refractivity contribution is -0.296. The highest BCUT2D eigenvalue weighted by Gasteiger charge is 2.80. The number of benzene rings is 1. The van der Waals surface area contributed by atoms with Gasteiger partial charge in [0.2, 0.25) is 17.1 Å². The normalized spacial score (nSPS) is 32.6. The second-order valence-electron chi connectivity index (χ2n) is 6.89. The Morgan fingerprint density at radius 3 is 2.29 bits per heavy atom. The molecule has 1 N–H and O–H groups in total. The maximum Gasteiger partial charge on any atom is 0.244 e. The van der Waals surface area contributed by atoms with E-state index in [-0.39, 0.29) is 5.76 Å². The fraction of sp³-hybridized carbons (Fsp3) is 0.333. The number of ether oxygens (including phenoxy) is 2. The fourth-order valence-electron chi connectivity index (χ4n) is 4.60. The summed E-state index contributed by atoms with van der Waals surface area (Å²) in [5, 5.41) is 39.0. The Morgan fingerprint density at radius 2 is 1.75 bits per heavy atom. The van der Waals surface area contributed by atoms with Crippen LogP contribution in [0.25, 0.3) is 0 Å². The molecule has 0 saturated carbocycles. The van der Waals surface area contributed by atoms with Crippen LogP contribution < -0.4 is 0 Å². The first-order valence-electron chi connectivity index (χ1n) is 8.84. The molecule has 138 valence electrons. The zero-order chi connectivity index (χ0) is 20.0. The van der Waals surface area contributed by atoms with Gasteiger partial charge in [-0.15, -0.1) is 0 Å². The van der Waals surface area contributed by atoms with Gasteiger partial charge in [0.05, 0.1) is 30.4 Å². The predicted octanol–water partition coefficient (Wildman–Crippen LogP) is 3.78.